The summed E-state index contributed by atoms with van der Waals surface area (Å²) in [5, 5.41) is 7.36. The molecular formula is C23H28N2O4. The van der Waals surface area contributed by atoms with Crippen LogP contribution in [0.1, 0.15) is 53.9 Å². The monoisotopic (exact) mass is 396 g/mol. The summed E-state index contributed by atoms with van der Waals surface area (Å²) in [7, 11) is 1.63. The minimum Gasteiger partial charge on any atom is -0.497 e. The first-order valence-corrected chi connectivity index (χ1v) is 10.6. The Morgan fingerprint density at radius 1 is 1.07 bits per heavy atom. The molecule has 154 valence electrons. The van der Waals surface area contributed by atoms with Gasteiger partial charge in [0.1, 0.15) is 23.9 Å². The van der Waals surface area contributed by atoms with Crippen LogP contribution in [0.25, 0.3) is 0 Å². The van der Waals surface area contributed by atoms with E-state index in [9.17, 15) is 4.79 Å². The highest BCUT2D eigenvalue weighted by molar-refractivity contribution is 5.94. The molecule has 2 aromatic rings. The fraction of sp³-hybridized carbons (Fsp3) is 0.565. The van der Waals surface area contributed by atoms with E-state index in [1.165, 1.54) is 32.1 Å². The molecule has 0 unspecified atom stereocenters. The number of benzene rings is 1. The van der Waals surface area contributed by atoms with Crippen molar-refractivity contribution in [3.63, 3.8) is 0 Å². The number of methoxy groups -OCH3 is 1. The molecular weight excluding hydrogens is 368 g/mol. The van der Waals surface area contributed by atoms with Crippen LogP contribution in [-0.4, -0.2) is 24.2 Å². The van der Waals surface area contributed by atoms with Crippen molar-refractivity contribution in [2.24, 2.45) is 23.7 Å². The summed E-state index contributed by atoms with van der Waals surface area (Å²) in [6.45, 7) is 2.06. The van der Waals surface area contributed by atoms with Gasteiger partial charge in [-0.1, -0.05) is 5.16 Å². The maximum atomic E-state index is 13.1. The van der Waals surface area contributed by atoms with E-state index in [0.717, 1.165) is 17.6 Å². The molecule has 6 nitrogen and oxygen atoms in total. The predicted octanol–water partition coefficient (Wildman–Crippen LogP) is 4.13. The molecule has 0 spiro atoms. The van der Waals surface area contributed by atoms with Gasteiger partial charge in [-0.15, -0.1) is 0 Å². The Balaban J connectivity index is 1.27. The summed E-state index contributed by atoms with van der Waals surface area (Å²) in [6, 6.07) is 7.65. The van der Waals surface area contributed by atoms with Gasteiger partial charge in [-0.25, -0.2) is 0 Å². The van der Waals surface area contributed by atoms with E-state index in [-0.39, 0.29) is 18.6 Å². The summed E-state index contributed by atoms with van der Waals surface area (Å²) in [5.74, 6) is 4.99. The van der Waals surface area contributed by atoms with Gasteiger partial charge in [-0.05, 0) is 87.0 Å². The topological polar surface area (TPSA) is 73.6 Å². The highest BCUT2D eigenvalue weighted by atomic mass is 16.5. The van der Waals surface area contributed by atoms with E-state index < -0.39 is 0 Å². The normalized spacial score (nSPS) is 29.7. The van der Waals surface area contributed by atoms with Crippen molar-refractivity contribution in [2.75, 3.05) is 7.11 Å². The standard InChI is InChI=1S/C23H28N2O4/c1-13-20(12-28-19-5-3-18(27-2)4-6-19)22(25-29-13)23(26)24-21-16-8-14-7-15(10-16)11-17(21)9-14/h3-6,14-17,21H,7-12H2,1-2H3,(H,24,26). The summed E-state index contributed by atoms with van der Waals surface area (Å²) >= 11 is 0. The lowest BCUT2D eigenvalue weighted by Crippen LogP contribution is -2.55. The molecule has 4 aliphatic carbocycles. The van der Waals surface area contributed by atoms with Gasteiger partial charge in [0.05, 0.1) is 12.7 Å². The molecule has 6 heteroatoms. The maximum absolute atomic E-state index is 13.1. The SMILES string of the molecule is COc1ccc(OCc2c(C(=O)NC3C4CC5CC(C4)CC3C5)noc2C)cc1. The van der Waals surface area contributed by atoms with Gasteiger partial charge in [0, 0.05) is 6.04 Å². The second kappa shape index (κ2) is 7.39. The summed E-state index contributed by atoms with van der Waals surface area (Å²) in [5.41, 5.74) is 1.06. The molecule has 1 heterocycles. The molecule has 0 radical (unpaired) electrons. The number of ether oxygens (including phenoxy) is 2. The molecule has 4 aliphatic rings. The Kier molecular flexibility index (Phi) is 4.72. The molecule has 4 bridgehead atoms. The molecule has 1 amide bonds. The summed E-state index contributed by atoms with van der Waals surface area (Å²) in [4.78, 5) is 13.1. The Morgan fingerprint density at radius 3 is 2.31 bits per heavy atom. The van der Waals surface area contributed by atoms with Crippen LogP contribution in [-0.2, 0) is 6.61 Å². The van der Waals surface area contributed by atoms with Gasteiger partial charge in [0.25, 0.3) is 5.91 Å². The number of hydrogen-bond donors (Lipinski definition) is 1. The molecule has 1 N–H and O–H groups in total. The largest absolute Gasteiger partial charge is 0.497 e. The van der Waals surface area contributed by atoms with Crippen molar-refractivity contribution in [3.05, 3.63) is 41.3 Å². The van der Waals surface area contributed by atoms with E-state index in [0.29, 0.717) is 34.6 Å². The van der Waals surface area contributed by atoms with Crippen LogP contribution in [0, 0.1) is 30.6 Å². The third-order valence-corrected chi connectivity index (χ3v) is 7.17. The average Bonchev–Trinajstić information content (AvgIpc) is 3.09. The molecule has 4 fully saturated rings. The summed E-state index contributed by atoms with van der Waals surface area (Å²) in [6.07, 6.45) is 6.47. The number of nitrogens with zero attached hydrogens (tertiary/aromatic N) is 1. The van der Waals surface area contributed by atoms with Gasteiger partial charge in [0.15, 0.2) is 5.69 Å². The van der Waals surface area contributed by atoms with E-state index in [1.54, 1.807) is 7.11 Å². The minimum atomic E-state index is -0.132. The average molecular weight is 396 g/mol. The number of aromatic nitrogens is 1. The highest BCUT2D eigenvalue weighted by Crippen LogP contribution is 2.53. The smallest absolute Gasteiger partial charge is 0.274 e. The Labute approximate surface area is 170 Å². The number of hydrogen-bond acceptors (Lipinski definition) is 5. The quantitative estimate of drug-likeness (QED) is 0.795. The molecule has 0 saturated heterocycles. The molecule has 6 rings (SSSR count). The van der Waals surface area contributed by atoms with E-state index in [2.05, 4.69) is 10.5 Å². The van der Waals surface area contributed by atoms with E-state index in [4.69, 9.17) is 14.0 Å². The Bertz CT molecular complexity index is 861. The van der Waals surface area contributed by atoms with Crippen molar-refractivity contribution in [1.82, 2.24) is 10.5 Å². The van der Waals surface area contributed by atoms with E-state index in [1.807, 2.05) is 31.2 Å². The first kappa shape index (κ1) is 18.5. The second-order valence-electron chi connectivity index (χ2n) is 8.96. The first-order chi connectivity index (χ1) is 14.1. The van der Waals surface area contributed by atoms with Crippen molar-refractivity contribution in [1.29, 1.82) is 0 Å². The Morgan fingerprint density at radius 2 is 1.69 bits per heavy atom. The zero-order chi connectivity index (χ0) is 20.0. The van der Waals surface area contributed by atoms with E-state index >= 15 is 0 Å². The number of carbonyl (C=O) groups is 1. The zero-order valence-electron chi connectivity index (χ0n) is 17.0. The third-order valence-electron chi connectivity index (χ3n) is 7.17. The lowest BCUT2D eigenvalue weighted by molar-refractivity contribution is -0.0120. The van der Waals surface area contributed by atoms with Crippen LogP contribution >= 0.6 is 0 Å². The van der Waals surface area contributed by atoms with Gasteiger partial charge in [0.2, 0.25) is 0 Å². The number of rotatable bonds is 6. The lowest BCUT2D eigenvalue weighted by Gasteiger charge is -2.54. The highest BCUT2D eigenvalue weighted by Gasteiger charge is 2.48. The molecule has 1 aromatic carbocycles. The first-order valence-electron chi connectivity index (χ1n) is 10.6. The van der Waals surface area contributed by atoms with Gasteiger partial charge >= 0.3 is 0 Å². The number of carbonyl (C=O) groups excluding carboxylic acids is 1. The number of amides is 1. The van der Waals surface area contributed by atoms with Gasteiger partial charge in [-0.3, -0.25) is 4.79 Å². The second-order valence-corrected chi connectivity index (χ2v) is 8.96. The van der Waals surface area contributed by atoms with Crippen molar-refractivity contribution >= 4 is 5.91 Å². The molecule has 29 heavy (non-hydrogen) atoms. The maximum Gasteiger partial charge on any atom is 0.274 e. The Hall–Kier alpha value is -2.50. The fourth-order valence-corrected chi connectivity index (χ4v) is 5.95. The molecule has 0 atom stereocenters. The third kappa shape index (κ3) is 3.49. The molecule has 4 saturated carbocycles. The van der Waals surface area contributed by atoms with Gasteiger partial charge < -0.3 is 19.3 Å². The minimum absolute atomic E-state index is 0.132. The van der Waals surface area contributed by atoms with Crippen LogP contribution in [0.4, 0.5) is 0 Å². The fourth-order valence-electron chi connectivity index (χ4n) is 5.95. The van der Waals surface area contributed by atoms with Crippen LogP contribution in [0.2, 0.25) is 0 Å². The van der Waals surface area contributed by atoms with Crippen LogP contribution in [0.5, 0.6) is 11.5 Å². The van der Waals surface area contributed by atoms with Crippen molar-refractivity contribution < 1.29 is 18.8 Å². The van der Waals surface area contributed by atoms with Crippen LogP contribution in [0.15, 0.2) is 28.8 Å². The number of nitrogens with one attached hydrogen (secondary N) is 1. The molecule has 0 aliphatic heterocycles. The van der Waals surface area contributed by atoms with Gasteiger partial charge in [-0.2, -0.15) is 0 Å². The molecule has 1 aromatic heterocycles. The zero-order valence-corrected chi connectivity index (χ0v) is 17.0. The predicted molar refractivity (Wildman–Crippen MR) is 107 cm³/mol. The lowest BCUT2D eigenvalue weighted by atomic mass is 9.54. The van der Waals surface area contributed by atoms with Crippen molar-refractivity contribution in [2.45, 2.75) is 51.7 Å². The van der Waals surface area contributed by atoms with Crippen LogP contribution < -0.4 is 14.8 Å². The number of aryl methyl sites for hydroxylation is 1. The van der Waals surface area contributed by atoms with Crippen LogP contribution in [0.3, 0.4) is 0 Å². The van der Waals surface area contributed by atoms with Crippen molar-refractivity contribution in [3.8, 4) is 11.5 Å². The summed E-state index contributed by atoms with van der Waals surface area (Å²) < 4.78 is 16.4.